The van der Waals surface area contributed by atoms with Crippen molar-refractivity contribution in [3.63, 3.8) is 0 Å². The van der Waals surface area contributed by atoms with Gasteiger partial charge in [-0.2, -0.15) is 0 Å². The van der Waals surface area contributed by atoms with Crippen LogP contribution in [0, 0.1) is 0 Å². The Labute approximate surface area is 80.9 Å². The second-order valence-corrected chi connectivity index (χ2v) is 4.36. The molecule has 0 amide bonds. The Morgan fingerprint density at radius 3 is 2.69 bits per heavy atom. The molecule has 1 aromatic rings. The van der Waals surface area contributed by atoms with Crippen LogP contribution in [0.1, 0.15) is 13.8 Å². The van der Waals surface area contributed by atoms with Crippen molar-refractivity contribution in [2.45, 2.75) is 24.8 Å². The van der Waals surface area contributed by atoms with E-state index in [-0.39, 0.29) is 6.04 Å². The Balaban J connectivity index is 2.77. The van der Waals surface area contributed by atoms with Crippen LogP contribution >= 0.6 is 0 Å². The average Bonchev–Trinajstić information content (AvgIpc) is 2.03. The predicted molar refractivity (Wildman–Crippen MR) is 55.5 cm³/mol. The molecule has 0 saturated carbocycles. The highest BCUT2D eigenvalue weighted by atomic mass is 32.2. The van der Waals surface area contributed by atoms with Gasteiger partial charge in [-0.05, 0) is 32.0 Å². The van der Waals surface area contributed by atoms with E-state index in [0.717, 1.165) is 0 Å². The molecule has 4 heteroatoms. The van der Waals surface area contributed by atoms with Gasteiger partial charge < -0.3 is 5.73 Å². The van der Waals surface area contributed by atoms with E-state index in [2.05, 4.69) is 4.72 Å². The minimum Gasteiger partial charge on any atom is -0.399 e. The molecule has 13 heavy (non-hydrogen) atoms. The molecule has 0 spiro atoms. The summed E-state index contributed by atoms with van der Waals surface area (Å²) in [5.41, 5.74) is 6.20. The van der Waals surface area contributed by atoms with Crippen LogP contribution in [-0.4, -0.2) is 10.3 Å². The first-order chi connectivity index (χ1) is 6.09. The Bertz CT molecular complexity index is 312. The lowest BCUT2D eigenvalue weighted by Gasteiger charge is -2.07. The summed E-state index contributed by atoms with van der Waals surface area (Å²) in [7, 11) is -1.15. The molecule has 1 unspecified atom stereocenters. The van der Waals surface area contributed by atoms with E-state index in [1.165, 1.54) is 0 Å². The van der Waals surface area contributed by atoms with E-state index in [1.807, 2.05) is 13.8 Å². The van der Waals surface area contributed by atoms with Gasteiger partial charge in [0, 0.05) is 11.7 Å². The molecular weight excluding hydrogens is 184 g/mol. The van der Waals surface area contributed by atoms with Crippen molar-refractivity contribution in [2.75, 3.05) is 5.73 Å². The van der Waals surface area contributed by atoms with E-state index < -0.39 is 11.0 Å². The van der Waals surface area contributed by atoms with Gasteiger partial charge in [0.15, 0.2) is 0 Å². The maximum Gasteiger partial charge on any atom is 0.125 e. The van der Waals surface area contributed by atoms with Gasteiger partial charge in [-0.3, -0.25) is 0 Å². The quantitative estimate of drug-likeness (QED) is 0.719. The molecule has 0 aliphatic carbocycles. The third-order valence-electron chi connectivity index (χ3n) is 1.41. The van der Waals surface area contributed by atoms with Crippen LogP contribution in [0.25, 0.3) is 0 Å². The largest absolute Gasteiger partial charge is 0.399 e. The van der Waals surface area contributed by atoms with Crippen LogP contribution in [0.3, 0.4) is 0 Å². The topological polar surface area (TPSA) is 55.1 Å². The number of nitrogen functional groups attached to an aromatic ring is 1. The van der Waals surface area contributed by atoms with Crippen LogP contribution in [-0.2, 0) is 11.0 Å². The number of hydrogen-bond acceptors (Lipinski definition) is 2. The Morgan fingerprint density at radius 2 is 2.15 bits per heavy atom. The van der Waals surface area contributed by atoms with Crippen LogP contribution in [0.4, 0.5) is 5.69 Å². The zero-order valence-electron chi connectivity index (χ0n) is 7.78. The van der Waals surface area contributed by atoms with Crippen molar-refractivity contribution in [1.82, 2.24) is 4.72 Å². The second kappa shape index (κ2) is 4.39. The van der Waals surface area contributed by atoms with Gasteiger partial charge in [-0.1, -0.05) is 6.07 Å². The molecule has 0 radical (unpaired) electrons. The summed E-state index contributed by atoms with van der Waals surface area (Å²) in [5, 5.41) is 0. The molecule has 1 aromatic carbocycles. The zero-order chi connectivity index (χ0) is 9.84. The van der Waals surface area contributed by atoms with E-state index in [1.54, 1.807) is 24.3 Å². The molecular formula is C9H14N2OS. The third kappa shape index (κ3) is 3.16. The van der Waals surface area contributed by atoms with E-state index in [0.29, 0.717) is 10.6 Å². The maximum atomic E-state index is 11.6. The van der Waals surface area contributed by atoms with Gasteiger partial charge in [-0.15, -0.1) is 0 Å². The molecule has 1 atom stereocenters. The fourth-order valence-corrected chi connectivity index (χ4v) is 1.92. The van der Waals surface area contributed by atoms with Crippen molar-refractivity contribution in [2.24, 2.45) is 0 Å². The van der Waals surface area contributed by atoms with Gasteiger partial charge in [0.25, 0.3) is 0 Å². The standard InChI is InChI=1S/C9H14N2OS/c1-7(2)11-13(12)9-5-3-4-8(10)6-9/h3-7,11H,10H2,1-2H3. The molecule has 3 N–H and O–H groups in total. The van der Waals surface area contributed by atoms with E-state index in [4.69, 9.17) is 5.73 Å². The average molecular weight is 198 g/mol. The van der Waals surface area contributed by atoms with Crippen molar-refractivity contribution in [1.29, 1.82) is 0 Å². The molecule has 0 aliphatic heterocycles. The summed E-state index contributed by atoms with van der Waals surface area (Å²) in [4.78, 5) is 0.716. The highest BCUT2D eigenvalue weighted by Gasteiger charge is 2.04. The first-order valence-corrected chi connectivity index (χ1v) is 5.28. The van der Waals surface area contributed by atoms with Crippen molar-refractivity contribution in [3.05, 3.63) is 24.3 Å². The second-order valence-electron chi connectivity index (χ2n) is 3.11. The Hall–Kier alpha value is -0.870. The normalized spacial score (nSPS) is 13.2. The molecule has 0 fully saturated rings. The summed E-state index contributed by atoms with van der Waals surface area (Å²) in [6.45, 7) is 3.90. The van der Waals surface area contributed by atoms with Gasteiger partial charge in [0.1, 0.15) is 11.0 Å². The molecule has 72 valence electrons. The smallest absolute Gasteiger partial charge is 0.125 e. The van der Waals surface area contributed by atoms with Gasteiger partial charge >= 0.3 is 0 Å². The molecule has 0 saturated heterocycles. The number of anilines is 1. The molecule has 1 rings (SSSR count). The van der Waals surface area contributed by atoms with Crippen molar-refractivity contribution < 1.29 is 4.21 Å². The summed E-state index contributed by atoms with van der Waals surface area (Å²) >= 11 is 0. The lowest BCUT2D eigenvalue weighted by molar-refractivity contribution is 0.656. The van der Waals surface area contributed by atoms with Crippen LogP contribution < -0.4 is 10.5 Å². The monoisotopic (exact) mass is 198 g/mol. The minimum absolute atomic E-state index is 0.197. The van der Waals surface area contributed by atoms with Crippen LogP contribution in [0.15, 0.2) is 29.2 Å². The molecule has 0 bridgehead atoms. The SMILES string of the molecule is CC(C)NS(=O)c1cccc(N)c1. The number of nitrogens with one attached hydrogen (secondary N) is 1. The molecule has 0 aromatic heterocycles. The van der Waals surface area contributed by atoms with Gasteiger partial charge in [0.2, 0.25) is 0 Å². The predicted octanol–water partition coefficient (Wildman–Crippen LogP) is 1.29. The van der Waals surface area contributed by atoms with Crippen LogP contribution in [0.5, 0.6) is 0 Å². The van der Waals surface area contributed by atoms with Crippen molar-refractivity contribution in [3.8, 4) is 0 Å². The molecule has 0 aliphatic rings. The van der Waals surface area contributed by atoms with E-state index in [9.17, 15) is 4.21 Å². The van der Waals surface area contributed by atoms with Gasteiger partial charge in [-0.25, -0.2) is 8.93 Å². The zero-order valence-corrected chi connectivity index (χ0v) is 8.60. The third-order valence-corrected chi connectivity index (χ3v) is 2.78. The Kier molecular flexibility index (Phi) is 3.45. The lowest BCUT2D eigenvalue weighted by Crippen LogP contribution is -2.25. The highest BCUT2D eigenvalue weighted by molar-refractivity contribution is 7.83. The lowest BCUT2D eigenvalue weighted by atomic mass is 10.3. The summed E-state index contributed by atoms with van der Waals surface area (Å²) in [5.74, 6) is 0. The first kappa shape index (κ1) is 10.2. The highest BCUT2D eigenvalue weighted by Crippen LogP contribution is 2.09. The van der Waals surface area contributed by atoms with Gasteiger partial charge in [0.05, 0.1) is 4.90 Å². The summed E-state index contributed by atoms with van der Waals surface area (Å²) < 4.78 is 14.5. The molecule has 3 nitrogen and oxygen atoms in total. The molecule has 0 heterocycles. The fraction of sp³-hybridized carbons (Fsp3) is 0.333. The summed E-state index contributed by atoms with van der Waals surface area (Å²) in [6.07, 6.45) is 0. The fourth-order valence-electron chi connectivity index (χ4n) is 0.912. The van der Waals surface area contributed by atoms with E-state index >= 15 is 0 Å². The minimum atomic E-state index is -1.15. The Morgan fingerprint density at radius 1 is 1.46 bits per heavy atom. The maximum absolute atomic E-state index is 11.6. The van der Waals surface area contributed by atoms with Crippen molar-refractivity contribution >= 4 is 16.7 Å². The number of nitrogens with two attached hydrogens (primary N) is 1. The van der Waals surface area contributed by atoms with Crippen LogP contribution in [0.2, 0.25) is 0 Å². The number of benzene rings is 1. The first-order valence-electron chi connectivity index (χ1n) is 4.13. The number of rotatable bonds is 3. The number of hydrogen-bond donors (Lipinski definition) is 2. The summed E-state index contributed by atoms with van der Waals surface area (Å²) in [6, 6.07) is 7.27.